The molecule has 0 radical (unpaired) electrons. The van der Waals surface area contributed by atoms with Crippen molar-refractivity contribution in [2.45, 2.75) is 20.8 Å². The maximum absolute atomic E-state index is 13.5. The lowest BCUT2D eigenvalue weighted by Gasteiger charge is -2.17. The first-order valence-corrected chi connectivity index (χ1v) is 11.8. The van der Waals surface area contributed by atoms with E-state index in [1.807, 2.05) is 45.0 Å². The van der Waals surface area contributed by atoms with Crippen LogP contribution in [0.3, 0.4) is 0 Å². The molecule has 1 aliphatic rings. The summed E-state index contributed by atoms with van der Waals surface area (Å²) in [7, 11) is 0. The van der Waals surface area contributed by atoms with Crippen molar-refractivity contribution < 1.29 is 19.8 Å². The molecule has 184 valence electrons. The van der Waals surface area contributed by atoms with E-state index in [4.69, 9.17) is 0 Å². The monoisotopic (exact) mass is 491 g/mol. The summed E-state index contributed by atoms with van der Waals surface area (Å²) >= 11 is 0. The minimum Gasteiger partial charge on any atom is -0.505 e. The van der Waals surface area contributed by atoms with E-state index in [1.165, 1.54) is 17.0 Å². The Morgan fingerprint density at radius 1 is 0.865 bits per heavy atom. The summed E-state index contributed by atoms with van der Waals surface area (Å²) in [6.45, 7) is 5.99. The summed E-state index contributed by atoms with van der Waals surface area (Å²) < 4.78 is 0. The van der Waals surface area contributed by atoms with E-state index in [-0.39, 0.29) is 17.0 Å². The zero-order chi connectivity index (χ0) is 26.3. The lowest BCUT2D eigenvalue weighted by atomic mass is 9.98. The number of rotatable bonds is 5. The zero-order valence-electron chi connectivity index (χ0n) is 20.6. The largest absolute Gasteiger partial charge is 0.505 e. The summed E-state index contributed by atoms with van der Waals surface area (Å²) in [6, 6.07) is 23.1. The van der Waals surface area contributed by atoms with Gasteiger partial charge in [-0.1, -0.05) is 42.5 Å². The van der Waals surface area contributed by atoms with Gasteiger partial charge in [-0.2, -0.15) is 5.10 Å². The van der Waals surface area contributed by atoms with E-state index in [9.17, 15) is 19.8 Å². The molecule has 0 bridgehead atoms. The maximum atomic E-state index is 13.5. The Labute approximate surface area is 214 Å². The predicted octanol–water partition coefficient (Wildman–Crippen LogP) is 6.18. The minimum absolute atomic E-state index is 0.0305. The van der Waals surface area contributed by atoms with Crippen molar-refractivity contribution in [2.75, 3.05) is 10.3 Å². The van der Waals surface area contributed by atoms with Gasteiger partial charge in [0.2, 0.25) is 0 Å². The first kappa shape index (κ1) is 23.8. The van der Waals surface area contributed by atoms with Crippen molar-refractivity contribution in [1.82, 2.24) is 0 Å². The van der Waals surface area contributed by atoms with Gasteiger partial charge in [-0.25, -0.2) is 4.79 Å². The van der Waals surface area contributed by atoms with E-state index in [2.05, 4.69) is 10.5 Å². The Morgan fingerprint density at radius 2 is 1.65 bits per heavy atom. The molecule has 5 rings (SSSR count). The van der Waals surface area contributed by atoms with Crippen molar-refractivity contribution in [3.63, 3.8) is 0 Å². The summed E-state index contributed by atoms with van der Waals surface area (Å²) in [5.41, 5.74) is 9.88. The molecule has 7 nitrogen and oxygen atoms in total. The molecule has 1 aliphatic heterocycles. The SMILES string of the molecule is Cc1cc(NN=C2C(=O)N(c3cccc(C(=O)O)c3)c3ccccc32)c(O)c(-c2ccc(C)c(C)c2)c1. The third-order valence-corrected chi connectivity index (χ3v) is 6.52. The molecule has 0 saturated carbocycles. The number of nitrogens with one attached hydrogen (secondary N) is 1. The van der Waals surface area contributed by atoms with Crippen LogP contribution in [-0.2, 0) is 4.79 Å². The third-order valence-electron chi connectivity index (χ3n) is 6.52. The number of phenols is 1. The molecule has 37 heavy (non-hydrogen) atoms. The van der Waals surface area contributed by atoms with Crippen molar-refractivity contribution in [3.05, 3.63) is 107 Å². The van der Waals surface area contributed by atoms with E-state index in [1.54, 1.807) is 42.5 Å². The number of benzene rings is 4. The molecule has 0 fully saturated rings. The van der Waals surface area contributed by atoms with Gasteiger partial charge < -0.3 is 10.2 Å². The van der Waals surface area contributed by atoms with Gasteiger partial charge in [0.25, 0.3) is 5.91 Å². The van der Waals surface area contributed by atoms with Crippen LogP contribution in [0.25, 0.3) is 11.1 Å². The highest BCUT2D eigenvalue weighted by atomic mass is 16.4. The number of carbonyl (C=O) groups excluding carboxylic acids is 1. The van der Waals surface area contributed by atoms with Crippen molar-refractivity contribution in [2.24, 2.45) is 5.10 Å². The number of hydrogen-bond acceptors (Lipinski definition) is 5. The van der Waals surface area contributed by atoms with Crippen molar-refractivity contribution in [3.8, 4) is 16.9 Å². The number of carboxylic acids is 1. The lowest BCUT2D eigenvalue weighted by molar-refractivity contribution is -0.111. The number of anilines is 3. The predicted molar refractivity (Wildman–Crippen MR) is 145 cm³/mol. The summed E-state index contributed by atoms with van der Waals surface area (Å²) in [4.78, 5) is 26.4. The van der Waals surface area contributed by atoms with Crippen LogP contribution >= 0.6 is 0 Å². The van der Waals surface area contributed by atoms with Gasteiger partial charge in [0.05, 0.1) is 22.6 Å². The molecule has 0 aliphatic carbocycles. The van der Waals surface area contributed by atoms with Crippen LogP contribution in [0, 0.1) is 20.8 Å². The van der Waals surface area contributed by atoms with Crippen molar-refractivity contribution >= 4 is 34.7 Å². The number of para-hydroxylation sites is 1. The second-order valence-corrected chi connectivity index (χ2v) is 9.09. The van der Waals surface area contributed by atoms with Crippen LogP contribution in [-0.4, -0.2) is 27.8 Å². The molecule has 0 saturated heterocycles. The van der Waals surface area contributed by atoms with Gasteiger partial charge in [0, 0.05) is 11.1 Å². The van der Waals surface area contributed by atoms with Crippen molar-refractivity contribution in [1.29, 1.82) is 0 Å². The average molecular weight is 492 g/mol. The van der Waals surface area contributed by atoms with Gasteiger partial charge in [0.15, 0.2) is 5.71 Å². The lowest BCUT2D eigenvalue weighted by Crippen LogP contribution is -2.26. The van der Waals surface area contributed by atoms with Crippen LogP contribution < -0.4 is 10.3 Å². The van der Waals surface area contributed by atoms with Crippen LogP contribution in [0.1, 0.15) is 32.6 Å². The number of hydrogen-bond donors (Lipinski definition) is 3. The fraction of sp³-hybridized carbons (Fsp3) is 0.100. The molecule has 3 N–H and O–H groups in total. The summed E-state index contributed by atoms with van der Waals surface area (Å²) in [5.74, 6) is -1.45. The van der Waals surface area contributed by atoms with E-state index < -0.39 is 11.9 Å². The molecule has 1 amide bonds. The molecule has 0 unspecified atom stereocenters. The molecular weight excluding hydrogens is 466 g/mol. The summed E-state index contributed by atoms with van der Waals surface area (Å²) in [6.07, 6.45) is 0. The molecule has 0 atom stereocenters. The molecular formula is C30H25N3O4. The Balaban J connectivity index is 1.54. The molecule has 1 heterocycles. The van der Waals surface area contributed by atoms with Crippen LogP contribution in [0.4, 0.5) is 17.1 Å². The fourth-order valence-corrected chi connectivity index (χ4v) is 4.45. The number of aromatic carboxylic acids is 1. The van der Waals surface area contributed by atoms with Gasteiger partial charge in [-0.05, 0) is 79.4 Å². The number of hydrazone groups is 1. The van der Waals surface area contributed by atoms with Crippen LogP contribution in [0.2, 0.25) is 0 Å². The van der Waals surface area contributed by atoms with Crippen LogP contribution in [0.5, 0.6) is 5.75 Å². The number of amides is 1. The normalized spacial score (nSPS) is 13.6. The van der Waals surface area contributed by atoms with E-state index >= 15 is 0 Å². The van der Waals surface area contributed by atoms with Crippen LogP contribution in [0.15, 0.2) is 84.0 Å². The number of aromatic hydroxyl groups is 1. The maximum Gasteiger partial charge on any atom is 0.335 e. The third kappa shape index (κ3) is 4.31. The number of carbonyl (C=O) groups is 2. The molecule has 0 spiro atoms. The number of phenolic OH excluding ortho intramolecular Hbond substituents is 1. The number of carboxylic acid groups (broad SMARTS) is 1. The van der Waals surface area contributed by atoms with Gasteiger partial charge in [-0.3, -0.25) is 15.1 Å². The first-order valence-electron chi connectivity index (χ1n) is 11.8. The Bertz CT molecular complexity index is 1610. The van der Waals surface area contributed by atoms with E-state index in [0.29, 0.717) is 28.2 Å². The van der Waals surface area contributed by atoms with Gasteiger partial charge in [0.1, 0.15) is 5.75 Å². The zero-order valence-corrected chi connectivity index (χ0v) is 20.6. The number of fused-ring (bicyclic) bond motifs is 1. The number of aryl methyl sites for hydroxylation is 3. The number of nitrogens with zero attached hydrogens (tertiary/aromatic N) is 2. The van der Waals surface area contributed by atoms with Gasteiger partial charge in [-0.15, -0.1) is 0 Å². The summed E-state index contributed by atoms with van der Waals surface area (Å²) in [5, 5.41) is 24.9. The highest BCUT2D eigenvalue weighted by Crippen LogP contribution is 2.39. The Kier molecular flexibility index (Phi) is 5.97. The molecule has 0 aromatic heterocycles. The molecule has 4 aromatic rings. The quantitative estimate of drug-likeness (QED) is 0.229. The topological polar surface area (TPSA) is 102 Å². The van der Waals surface area contributed by atoms with E-state index in [0.717, 1.165) is 22.3 Å². The molecule has 4 aromatic carbocycles. The Morgan fingerprint density at radius 3 is 2.41 bits per heavy atom. The van der Waals surface area contributed by atoms with Gasteiger partial charge >= 0.3 is 5.97 Å². The average Bonchev–Trinajstić information content (AvgIpc) is 3.17. The highest BCUT2D eigenvalue weighted by molar-refractivity contribution is 6.55. The first-order chi connectivity index (χ1) is 17.7. The standard InChI is InChI=1S/C30H25N3O4/c1-17-13-24(20-12-11-18(2)19(3)15-20)28(34)25(14-17)31-32-27-23-9-4-5-10-26(23)33(29(27)35)22-8-6-7-21(16-22)30(36)37/h4-16,31,34H,1-3H3,(H,36,37). The second kappa shape index (κ2) is 9.28. The Hall–Kier alpha value is -4.91. The smallest absolute Gasteiger partial charge is 0.335 e. The fourth-order valence-electron chi connectivity index (χ4n) is 4.45. The minimum atomic E-state index is -1.08. The second-order valence-electron chi connectivity index (χ2n) is 9.09. The molecule has 7 heteroatoms. The highest BCUT2D eigenvalue weighted by Gasteiger charge is 2.35.